The van der Waals surface area contributed by atoms with Crippen molar-refractivity contribution >= 4 is 18.1 Å². The molecule has 94 valence electrons. The van der Waals surface area contributed by atoms with Gasteiger partial charge in [-0.05, 0) is 30.0 Å². The Morgan fingerprint density at radius 3 is 2.06 bits per heavy atom. The van der Waals surface area contributed by atoms with Crippen LogP contribution < -0.4 is 11.1 Å². The van der Waals surface area contributed by atoms with Crippen molar-refractivity contribution in [3.8, 4) is 0 Å². The first-order valence-electron chi connectivity index (χ1n) is 5.65. The summed E-state index contributed by atoms with van der Waals surface area (Å²) in [6.07, 6.45) is 3.83. The number of hydrogen-bond donors (Lipinski definition) is 2. The summed E-state index contributed by atoms with van der Waals surface area (Å²) < 4.78 is 0. The van der Waals surface area contributed by atoms with Gasteiger partial charge in [-0.2, -0.15) is 0 Å². The van der Waals surface area contributed by atoms with Crippen molar-refractivity contribution in [1.82, 2.24) is 0 Å². The minimum absolute atomic E-state index is 0. The standard InChI is InChI=1S/C15H16N2.ClH/c16-15(13-7-3-1-4-8-13)11-12-17-14-9-5-2-6-10-14;/h1-12,15,17H,16H2;1H. The van der Waals surface area contributed by atoms with Crippen LogP contribution in [-0.2, 0) is 0 Å². The van der Waals surface area contributed by atoms with Crippen molar-refractivity contribution in [3.05, 3.63) is 78.5 Å². The van der Waals surface area contributed by atoms with Crippen LogP contribution in [0.2, 0.25) is 0 Å². The van der Waals surface area contributed by atoms with Gasteiger partial charge in [0.25, 0.3) is 0 Å². The molecule has 2 rings (SSSR count). The molecule has 18 heavy (non-hydrogen) atoms. The average Bonchev–Trinajstić information content (AvgIpc) is 2.41. The molecule has 0 aromatic heterocycles. The third kappa shape index (κ3) is 4.24. The minimum Gasteiger partial charge on any atom is -0.362 e. The van der Waals surface area contributed by atoms with Crippen LogP contribution in [0.25, 0.3) is 0 Å². The Morgan fingerprint density at radius 2 is 1.44 bits per heavy atom. The molecule has 0 aliphatic rings. The molecule has 0 heterocycles. The maximum Gasteiger partial charge on any atom is 0.0498 e. The van der Waals surface area contributed by atoms with E-state index in [0.29, 0.717) is 0 Å². The number of nitrogens with two attached hydrogens (primary N) is 1. The highest BCUT2D eigenvalue weighted by Gasteiger charge is 1.98. The molecule has 0 radical (unpaired) electrons. The molecule has 3 heteroatoms. The van der Waals surface area contributed by atoms with Crippen molar-refractivity contribution < 1.29 is 0 Å². The Morgan fingerprint density at radius 1 is 0.889 bits per heavy atom. The molecule has 0 bridgehead atoms. The number of benzene rings is 2. The summed E-state index contributed by atoms with van der Waals surface area (Å²) in [6.45, 7) is 0. The summed E-state index contributed by atoms with van der Waals surface area (Å²) in [7, 11) is 0. The average molecular weight is 261 g/mol. The van der Waals surface area contributed by atoms with Crippen LogP contribution in [0.3, 0.4) is 0 Å². The molecule has 0 aliphatic carbocycles. The number of rotatable bonds is 4. The molecule has 2 aromatic rings. The maximum atomic E-state index is 6.03. The molecule has 0 saturated carbocycles. The van der Waals surface area contributed by atoms with E-state index in [1.807, 2.05) is 72.9 Å². The van der Waals surface area contributed by atoms with Gasteiger partial charge < -0.3 is 11.1 Å². The first-order valence-corrected chi connectivity index (χ1v) is 5.65. The summed E-state index contributed by atoms with van der Waals surface area (Å²) in [5.74, 6) is 0. The lowest BCUT2D eigenvalue weighted by Crippen LogP contribution is -2.07. The SMILES string of the molecule is Cl.NC(C=CNc1ccccc1)c1ccccc1. The fourth-order valence-electron chi connectivity index (χ4n) is 1.57. The summed E-state index contributed by atoms with van der Waals surface area (Å²) in [6, 6.07) is 20.0. The highest BCUT2D eigenvalue weighted by atomic mass is 35.5. The fourth-order valence-corrected chi connectivity index (χ4v) is 1.57. The molecule has 1 unspecified atom stereocenters. The summed E-state index contributed by atoms with van der Waals surface area (Å²) in [5.41, 5.74) is 8.20. The smallest absolute Gasteiger partial charge is 0.0498 e. The first-order chi connectivity index (χ1) is 8.36. The molecular weight excluding hydrogens is 244 g/mol. The van der Waals surface area contributed by atoms with E-state index in [2.05, 4.69) is 5.32 Å². The van der Waals surface area contributed by atoms with Crippen molar-refractivity contribution in [2.75, 3.05) is 5.32 Å². The van der Waals surface area contributed by atoms with E-state index >= 15 is 0 Å². The number of anilines is 1. The van der Waals surface area contributed by atoms with Gasteiger partial charge in [-0.25, -0.2) is 0 Å². The lowest BCUT2D eigenvalue weighted by molar-refractivity contribution is 0.910. The Hall–Kier alpha value is -1.77. The summed E-state index contributed by atoms with van der Waals surface area (Å²) in [5, 5.41) is 3.18. The van der Waals surface area contributed by atoms with E-state index in [0.717, 1.165) is 11.3 Å². The van der Waals surface area contributed by atoms with Gasteiger partial charge in [0.2, 0.25) is 0 Å². The minimum atomic E-state index is -0.0765. The summed E-state index contributed by atoms with van der Waals surface area (Å²) >= 11 is 0. The van der Waals surface area contributed by atoms with Crippen molar-refractivity contribution in [1.29, 1.82) is 0 Å². The first kappa shape index (κ1) is 14.3. The van der Waals surface area contributed by atoms with Gasteiger partial charge >= 0.3 is 0 Å². The quantitative estimate of drug-likeness (QED) is 0.879. The highest BCUT2D eigenvalue weighted by molar-refractivity contribution is 5.85. The molecule has 0 amide bonds. The van der Waals surface area contributed by atoms with Crippen molar-refractivity contribution in [3.63, 3.8) is 0 Å². The van der Waals surface area contributed by atoms with Crippen LogP contribution in [0.4, 0.5) is 5.69 Å². The van der Waals surface area contributed by atoms with Gasteiger partial charge in [-0.15, -0.1) is 12.4 Å². The lowest BCUT2D eigenvalue weighted by atomic mass is 10.1. The van der Waals surface area contributed by atoms with E-state index in [1.165, 1.54) is 0 Å². The van der Waals surface area contributed by atoms with E-state index in [4.69, 9.17) is 5.73 Å². The molecule has 3 N–H and O–H groups in total. The zero-order chi connectivity index (χ0) is 11.9. The van der Waals surface area contributed by atoms with Crippen LogP contribution in [0.15, 0.2) is 72.9 Å². The van der Waals surface area contributed by atoms with Gasteiger partial charge in [-0.1, -0.05) is 48.5 Å². The number of nitrogens with one attached hydrogen (secondary N) is 1. The second-order valence-corrected chi connectivity index (χ2v) is 3.81. The monoisotopic (exact) mass is 260 g/mol. The Balaban J connectivity index is 0.00000162. The Bertz CT molecular complexity index is 468. The maximum absolute atomic E-state index is 6.03. The second-order valence-electron chi connectivity index (χ2n) is 3.81. The normalized spacial score (nSPS) is 11.8. The van der Waals surface area contributed by atoms with Crippen LogP contribution in [-0.4, -0.2) is 0 Å². The lowest BCUT2D eigenvalue weighted by Gasteiger charge is -2.06. The largest absolute Gasteiger partial charge is 0.362 e. The van der Waals surface area contributed by atoms with Gasteiger partial charge in [0.05, 0.1) is 0 Å². The molecule has 0 aliphatic heterocycles. The molecule has 0 saturated heterocycles. The fraction of sp³-hybridized carbons (Fsp3) is 0.0667. The molecular formula is C15H17ClN2. The third-order valence-electron chi connectivity index (χ3n) is 2.51. The number of para-hydroxylation sites is 1. The summed E-state index contributed by atoms with van der Waals surface area (Å²) in [4.78, 5) is 0. The van der Waals surface area contributed by atoms with Crippen molar-refractivity contribution in [2.45, 2.75) is 6.04 Å². The molecule has 2 aromatic carbocycles. The van der Waals surface area contributed by atoms with E-state index in [9.17, 15) is 0 Å². The van der Waals surface area contributed by atoms with E-state index in [1.54, 1.807) is 0 Å². The topological polar surface area (TPSA) is 38.0 Å². The number of halogens is 1. The molecule has 1 atom stereocenters. The van der Waals surface area contributed by atoms with E-state index < -0.39 is 0 Å². The zero-order valence-corrected chi connectivity index (χ0v) is 10.8. The van der Waals surface area contributed by atoms with Gasteiger partial charge in [0.1, 0.15) is 0 Å². The van der Waals surface area contributed by atoms with Crippen molar-refractivity contribution in [2.24, 2.45) is 5.73 Å². The van der Waals surface area contributed by atoms with Crippen LogP contribution in [0, 0.1) is 0 Å². The van der Waals surface area contributed by atoms with Crippen LogP contribution in [0.1, 0.15) is 11.6 Å². The van der Waals surface area contributed by atoms with Crippen LogP contribution in [0.5, 0.6) is 0 Å². The second kappa shape index (κ2) is 7.54. The van der Waals surface area contributed by atoms with Crippen LogP contribution >= 0.6 is 12.4 Å². The Kier molecular flexibility index (Phi) is 5.98. The molecule has 0 fully saturated rings. The third-order valence-corrected chi connectivity index (χ3v) is 2.51. The molecule has 0 spiro atoms. The predicted octanol–water partition coefficient (Wildman–Crippen LogP) is 3.73. The van der Waals surface area contributed by atoms with Gasteiger partial charge in [0.15, 0.2) is 0 Å². The van der Waals surface area contributed by atoms with Gasteiger partial charge in [0, 0.05) is 11.7 Å². The Labute approximate surface area is 114 Å². The number of hydrogen-bond acceptors (Lipinski definition) is 2. The zero-order valence-electron chi connectivity index (χ0n) is 9.99. The van der Waals surface area contributed by atoms with Gasteiger partial charge in [-0.3, -0.25) is 0 Å². The highest BCUT2D eigenvalue weighted by Crippen LogP contribution is 2.11. The molecule has 2 nitrogen and oxygen atoms in total. The van der Waals surface area contributed by atoms with E-state index in [-0.39, 0.29) is 18.4 Å². The predicted molar refractivity (Wildman–Crippen MR) is 79.8 cm³/mol.